The van der Waals surface area contributed by atoms with Gasteiger partial charge in [-0.1, -0.05) is 24.3 Å². The summed E-state index contributed by atoms with van der Waals surface area (Å²) < 4.78 is 7.20. The van der Waals surface area contributed by atoms with Crippen molar-refractivity contribution in [1.82, 2.24) is 19.9 Å². The highest BCUT2D eigenvalue weighted by Crippen LogP contribution is 2.24. The van der Waals surface area contributed by atoms with Gasteiger partial charge >= 0.3 is 0 Å². The minimum atomic E-state index is -0.149. The summed E-state index contributed by atoms with van der Waals surface area (Å²) in [5.41, 5.74) is 8.54. The first-order chi connectivity index (χ1) is 14.2. The smallest absolute Gasteiger partial charge is 0.270 e. The number of aryl methyl sites for hydroxylation is 1. The molecule has 0 saturated carbocycles. The van der Waals surface area contributed by atoms with Crippen LogP contribution in [-0.4, -0.2) is 39.7 Å². The van der Waals surface area contributed by atoms with Crippen molar-refractivity contribution in [1.29, 1.82) is 0 Å². The first kappa shape index (κ1) is 18.0. The van der Waals surface area contributed by atoms with Crippen LogP contribution in [0.4, 0.5) is 0 Å². The standard InChI is InChI=1S/C22H20N4O2S/c1-26-7-6-18-21(26)16(9-19(25-18)22(27)24-17-10-28-11-17)8-14-2-4-15(5-3-14)20-12-29-13-23-20/h2-7,9,12-13,17H,8,10-11H2,1H3,(H,24,27). The van der Waals surface area contributed by atoms with E-state index in [0.29, 0.717) is 18.9 Å². The number of nitrogens with zero attached hydrogens (tertiary/aromatic N) is 3. The summed E-state index contributed by atoms with van der Waals surface area (Å²) in [5.74, 6) is -0.149. The quantitative estimate of drug-likeness (QED) is 0.553. The number of hydrogen-bond acceptors (Lipinski definition) is 5. The summed E-state index contributed by atoms with van der Waals surface area (Å²) in [7, 11) is 2.00. The van der Waals surface area contributed by atoms with Crippen LogP contribution in [0.15, 0.2) is 53.5 Å². The largest absolute Gasteiger partial charge is 0.377 e. The zero-order chi connectivity index (χ0) is 19.8. The Bertz CT molecular complexity index is 1160. The van der Waals surface area contributed by atoms with E-state index in [1.807, 2.05) is 36.3 Å². The number of rotatable bonds is 5. The fourth-order valence-electron chi connectivity index (χ4n) is 3.59. The van der Waals surface area contributed by atoms with Gasteiger partial charge in [0, 0.05) is 24.2 Å². The molecule has 0 unspecified atom stereocenters. The van der Waals surface area contributed by atoms with Crippen molar-refractivity contribution in [3.8, 4) is 11.3 Å². The number of carbonyl (C=O) groups is 1. The maximum Gasteiger partial charge on any atom is 0.270 e. The highest BCUT2D eigenvalue weighted by molar-refractivity contribution is 7.07. The van der Waals surface area contributed by atoms with Crippen LogP contribution in [0.1, 0.15) is 21.6 Å². The Labute approximate surface area is 172 Å². The van der Waals surface area contributed by atoms with Crippen molar-refractivity contribution in [2.24, 2.45) is 7.05 Å². The maximum absolute atomic E-state index is 12.6. The minimum absolute atomic E-state index is 0.0810. The van der Waals surface area contributed by atoms with Gasteiger partial charge in [0.15, 0.2) is 0 Å². The Morgan fingerprint density at radius 1 is 1.28 bits per heavy atom. The van der Waals surface area contributed by atoms with Gasteiger partial charge in [0.1, 0.15) is 5.69 Å². The lowest BCUT2D eigenvalue weighted by Crippen LogP contribution is -2.48. The molecule has 0 aliphatic carbocycles. The highest BCUT2D eigenvalue weighted by atomic mass is 32.1. The minimum Gasteiger partial charge on any atom is -0.377 e. The van der Waals surface area contributed by atoms with Crippen molar-refractivity contribution in [2.45, 2.75) is 12.5 Å². The van der Waals surface area contributed by atoms with Crippen molar-refractivity contribution in [2.75, 3.05) is 13.2 Å². The molecule has 1 fully saturated rings. The van der Waals surface area contributed by atoms with Gasteiger partial charge in [-0.25, -0.2) is 9.97 Å². The van der Waals surface area contributed by atoms with Crippen LogP contribution in [0.3, 0.4) is 0 Å². The molecule has 29 heavy (non-hydrogen) atoms. The van der Waals surface area contributed by atoms with E-state index in [1.165, 1.54) is 5.56 Å². The van der Waals surface area contributed by atoms with Crippen molar-refractivity contribution in [3.63, 3.8) is 0 Å². The molecule has 0 bridgehead atoms. The molecule has 1 aromatic carbocycles. The number of hydrogen-bond donors (Lipinski definition) is 1. The number of pyridine rings is 1. The lowest BCUT2D eigenvalue weighted by atomic mass is 10.0. The van der Waals surface area contributed by atoms with Gasteiger partial charge in [0.2, 0.25) is 0 Å². The summed E-state index contributed by atoms with van der Waals surface area (Å²) in [5, 5.41) is 5.02. The molecular formula is C22H20N4O2S. The van der Waals surface area contributed by atoms with Gasteiger partial charge in [0.25, 0.3) is 5.91 Å². The predicted octanol–water partition coefficient (Wildman–Crippen LogP) is 3.42. The Morgan fingerprint density at radius 3 is 2.79 bits per heavy atom. The molecule has 4 aromatic rings. The summed E-state index contributed by atoms with van der Waals surface area (Å²) in [6, 6.07) is 12.4. The molecule has 146 valence electrons. The van der Waals surface area contributed by atoms with Crippen LogP contribution in [-0.2, 0) is 18.2 Å². The summed E-state index contributed by atoms with van der Waals surface area (Å²) in [4.78, 5) is 21.6. The Balaban J connectivity index is 1.46. The number of carbonyl (C=O) groups excluding carboxylic acids is 1. The first-order valence-corrected chi connectivity index (χ1v) is 10.4. The van der Waals surface area contributed by atoms with Gasteiger partial charge in [-0.15, -0.1) is 11.3 Å². The number of nitrogens with one attached hydrogen (secondary N) is 1. The third-order valence-electron chi connectivity index (χ3n) is 5.19. The molecule has 3 aromatic heterocycles. The van der Waals surface area contributed by atoms with Gasteiger partial charge in [-0.2, -0.15) is 0 Å². The van der Waals surface area contributed by atoms with E-state index in [-0.39, 0.29) is 11.9 Å². The van der Waals surface area contributed by atoms with Gasteiger partial charge in [0.05, 0.1) is 41.5 Å². The molecule has 4 heterocycles. The molecule has 1 saturated heterocycles. The molecule has 1 aliphatic rings. The van der Waals surface area contributed by atoms with E-state index in [2.05, 4.69) is 44.1 Å². The van der Waals surface area contributed by atoms with Gasteiger partial charge in [-0.05, 0) is 29.7 Å². The third-order valence-corrected chi connectivity index (χ3v) is 5.78. The SMILES string of the molecule is Cn1ccc2nc(C(=O)NC3COC3)cc(Cc3ccc(-c4cscn4)cc3)c21. The first-order valence-electron chi connectivity index (χ1n) is 9.48. The summed E-state index contributed by atoms with van der Waals surface area (Å²) in [6.45, 7) is 1.13. The zero-order valence-corrected chi connectivity index (χ0v) is 16.8. The number of benzene rings is 1. The van der Waals surface area contributed by atoms with E-state index in [0.717, 1.165) is 34.3 Å². The molecule has 1 amide bonds. The molecule has 0 spiro atoms. The van der Waals surface area contributed by atoms with E-state index >= 15 is 0 Å². The van der Waals surface area contributed by atoms with Crippen molar-refractivity contribution in [3.05, 3.63) is 70.3 Å². The van der Waals surface area contributed by atoms with Gasteiger partial charge < -0.3 is 14.6 Å². The molecule has 1 aliphatic heterocycles. The Kier molecular flexibility index (Phi) is 4.61. The number of aromatic nitrogens is 3. The number of ether oxygens (including phenoxy) is 1. The topological polar surface area (TPSA) is 69.0 Å². The predicted molar refractivity (Wildman–Crippen MR) is 113 cm³/mol. The normalized spacial score (nSPS) is 14.1. The third kappa shape index (κ3) is 3.54. The van der Waals surface area contributed by atoms with E-state index in [9.17, 15) is 4.79 Å². The van der Waals surface area contributed by atoms with Crippen molar-refractivity contribution >= 4 is 28.3 Å². The van der Waals surface area contributed by atoms with E-state index in [1.54, 1.807) is 11.3 Å². The summed E-state index contributed by atoms with van der Waals surface area (Å²) >= 11 is 1.59. The summed E-state index contributed by atoms with van der Waals surface area (Å²) in [6.07, 6.45) is 2.70. The second-order valence-electron chi connectivity index (χ2n) is 7.28. The second kappa shape index (κ2) is 7.42. The van der Waals surface area contributed by atoms with Crippen LogP contribution in [0, 0.1) is 0 Å². The molecule has 1 N–H and O–H groups in total. The van der Waals surface area contributed by atoms with Gasteiger partial charge in [-0.3, -0.25) is 4.79 Å². The van der Waals surface area contributed by atoms with Crippen LogP contribution < -0.4 is 5.32 Å². The lowest BCUT2D eigenvalue weighted by molar-refractivity contribution is -0.00354. The fraction of sp³-hybridized carbons (Fsp3) is 0.227. The molecule has 0 atom stereocenters. The van der Waals surface area contributed by atoms with Crippen LogP contribution in [0.2, 0.25) is 0 Å². The Hall–Kier alpha value is -3.03. The highest BCUT2D eigenvalue weighted by Gasteiger charge is 2.22. The molecular weight excluding hydrogens is 384 g/mol. The van der Waals surface area contributed by atoms with Crippen LogP contribution in [0.5, 0.6) is 0 Å². The zero-order valence-electron chi connectivity index (χ0n) is 16.0. The van der Waals surface area contributed by atoms with E-state index in [4.69, 9.17) is 4.74 Å². The van der Waals surface area contributed by atoms with Crippen LogP contribution in [0.25, 0.3) is 22.3 Å². The van der Waals surface area contributed by atoms with Crippen LogP contribution >= 0.6 is 11.3 Å². The average molecular weight is 404 g/mol. The number of fused-ring (bicyclic) bond motifs is 1. The monoisotopic (exact) mass is 404 g/mol. The molecule has 7 heteroatoms. The van der Waals surface area contributed by atoms with Crippen molar-refractivity contribution < 1.29 is 9.53 Å². The number of amides is 1. The average Bonchev–Trinajstić information content (AvgIpc) is 3.35. The molecule has 0 radical (unpaired) electrons. The maximum atomic E-state index is 12.6. The fourth-order valence-corrected chi connectivity index (χ4v) is 4.15. The number of thiazole rings is 1. The Morgan fingerprint density at radius 2 is 2.10 bits per heavy atom. The second-order valence-corrected chi connectivity index (χ2v) is 8.00. The molecule has 6 nitrogen and oxygen atoms in total. The molecule has 5 rings (SSSR count). The lowest BCUT2D eigenvalue weighted by Gasteiger charge is -2.26. The van der Waals surface area contributed by atoms with E-state index < -0.39 is 0 Å².